The van der Waals surface area contributed by atoms with Gasteiger partial charge in [0.1, 0.15) is 5.75 Å². The number of hydrogen-bond donors (Lipinski definition) is 1. The van der Waals surface area contributed by atoms with Crippen LogP contribution in [-0.4, -0.2) is 5.11 Å². The minimum Gasteiger partial charge on any atom is -0.506 e. The topological polar surface area (TPSA) is 20.2 Å². The van der Waals surface area contributed by atoms with Crippen molar-refractivity contribution in [1.29, 1.82) is 0 Å². The third-order valence-electron chi connectivity index (χ3n) is 1.36. The molecule has 1 rings (SSSR count). The summed E-state index contributed by atoms with van der Waals surface area (Å²) >= 11 is 3.20. The minimum atomic E-state index is 0.241. The molecule has 0 saturated heterocycles. The SMILES string of the molecule is C#CCc1cccc(Br)c1O. The normalized spacial score (nSPS) is 9.09. The molecule has 2 heteroatoms. The van der Waals surface area contributed by atoms with Crippen molar-refractivity contribution in [3.63, 3.8) is 0 Å². The van der Waals surface area contributed by atoms with E-state index in [1.165, 1.54) is 0 Å². The van der Waals surface area contributed by atoms with Crippen LogP contribution in [0.5, 0.6) is 5.75 Å². The van der Waals surface area contributed by atoms with Gasteiger partial charge in [-0.2, -0.15) is 0 Å². The fourth-order valence-corrected chi connectivity index (χ4v) is 1.22. The number of rotatable bonds is 1. The highest BCUT2D eigenvalue weighted by Crippen LogP contribution is 2.27. The van der Waals surface area contributed by atoms with E-state index in [4.69, 9.17) is 6.42 Å². The summed E-state index contributed by atoms with van der Waals surface area (Å²) in [6.45, 7) is 0. The molecule has 1 aromatic carbocycles. The van der Waals surface area contributed by atoms with Crippen LogP contribution in [-0.2, 0) is 6.42 Å². The number of phenolic OH excluding ortho intramolecular Hbond substituents is 1. The van der Waals surface area contributed by atoms with E-state index in [-0.39, 0.29) is 5.75 Å². The van der Waals surface area contributed by atoms with Gasteiger partial charge in [-0.1, -0.05) is 12.1 Å². The lowest BCUT2D eigenvalue weighted by Crippen LogP contribution is -1.82. The van der Waals surface area contributed by atoms with E-state index in [0.29, 0.717) is 10.9 Å². The maximum absolute atomic E-state index is 9.39. The minimum absolute atomic E-state index is 0.241. The quantitative estimate of drug-likeness (QED) is 0.706. The van der Waals surface area contributed by atoms with Gasteiger partial charge in [0.05, 0.1) is 4.47 Å². The molecule has 0 radical (unpaired) electrons. The lowest BCUT2D eigenvalue weighted by Gasteiger charge is -2.00. The van der Waals surface area contributed by atoms with Gasteiger partial charge in [0, 0.05) is 12.0 Å². The molecule has 0 heterocycles. The first-order valence-corrected chi connectivity index (χ1v) is 3.95. The van der Waals surface area contributed by atoms with Gasteiger partial charge < -0.3 is 5.11 Å². The molecule has 0 aliphatic heterocycles. The zero-order valence-electron chi connectivity index (χ0n) is 5.84. The van der Waals surface area contributed by atoms with Crippen LogP contribution in [0, 0.1) is 12.3 Å². The number of para-hydroxylation sites is 1. The van der Waals surface area contributed by atoms with Crippen LogP contribution in [0.25, 0.3) is 0 Å². The average molecular weight is 211 g/mol. The fourth-order valence-electron chi connectivity index (χ4n) is 0.813. The van der Waals surface area contributed by atoms with E-state index in [1.807, 2.05) is 6.07 Å². The molecule has 0 aliphatic carbocycles. The molecule has 0 amide bonds. The number of benzene rings is 1. The highest BCUT2D eigenvalue weighted by Gasteiger charge is 2.01. The molecule has 0 fully saturated rings. The Labute approximate surface area is 74.2 Å². The van der Waals surface area contributed by atoms with Gasteiger partial charge in [-0.25, -0.2) is 0 Å². The van der Waals surface area contributed by atoms with Gasteiger partial charge in [0.15, 0.2) is 0 Å². The van der Waals surface area contributed by atoms with Gasteiger partial charge in [-0.3, -0.25) is 0 Å². The number of phenols is 1. The van der Waals surface area contributed by atoms with Crippen LogP contribution < -0.4 is 0 Å². The van der Waals surface area contributed by atoms with Crippen molar-refractivity contribution >= 4 is 15.9 Å². The standard InChI is InChI=1S/C9H7BrO/c1-2-4-7-5-3-6-8(10)9(7)11/h1,3,5-6,11H,4H2. The first-order valence-electron chi connectivity index (χ1n) is 3.15. The van der Waals surface area contributed by atoms with Crippen molar-refractivity contribution in [2.24, 2.45) is 0 Å². The molecular weight excluding hydrogens is 204 g/mol. The molecule has 0 atom stereocenters. The Bertz CT molecular complexity index is 299. The Kier molecular flexibility index (Phi) is 2.56. The van der Waals surface area contributed by atoms with Gasteiger partial charge in [-0.05, 0) is 22.0 Å². The summed E-state index contributed by atoms with van der Waals surface area (Å²) in [5.74, 6) is 2.71. The lowest BCUT2D eigenvalue weighted by atomic mass is 10.1. The Morgan fingerprint density at radius 3 is 2.91 bits per heavy atom. The van der Waals surface area contributed by atoms with Crippen LogP contribution >= 0.6 is 15.9 Å². The highest BCUT2D eigenvalue weighted by molar-refractivity contribution is 9.10. The van der Waals surface area contributed by atoms with E-state index in [0.717, 1.165) is 5.56 Å². The zero-order chi connectivity index (χ0) is 8.27. The summed E-state index contributed by atoms with van der Waals surface area (Å²) in [4.78, 5) is 0. The first-order chi connectivity index (χ1) is 5.25. The van der Waals surface area contributed by atoms with E-state index in [2.05, 4.69) is 21.9 Å². The molecule has 0 saturated carbocycles. The van der Waals surface area contributed by atoms with Gasteiger partial charge in [0.2, 0.25) is 0 Å². The monoisotopic (exact) mass is 210 g/mol. The van der Waals surface area contributed by atoms with Crippen molar-refractivity contribution < 1.29 is 5.11 Å². The lowest BCUT2D eigenvalue weighted by molar-refractivity contribution is 0.466. The molecule has 56 valence electrons. The number of halogens is 1. The second-order valence-electron chi connectivity index (χ2n) is 2.13. The van der Waals surface area contributed by atoms with E-state index in [1.54, 1.807) is 12.1 Å². The van der Waals surface area contributed by atoms with E-state index >= 15 is 0 Å². The van der Waals surface area contributed by atoms with Gasteiger partial charge in [-0.15, -0.1) is 12.3 Å². The predicted octanol–water partition coefficient (Wildman–Crippen LogP) is 2.33. The van der Waals surface area contributed by atoms with Gasteiger partial charge >= 0.3 is 0 Å². The number of hydrogen-bond acceptors (Lipinski definition) is 1. The Morgan fingerprint density at radius 1 is 1.55 bits per heavy atom. The largest absolute Gasteiger partial charge is 0.506 e. The van der Waals surface area contributed by atoms with E-state index in [9.17, 15) is 5.11 Å². The van der Waals surface area contributed by atoms with Crippen molar-refractivity contribution in [3.8, 4) is 18.1 Å². The average Bonchev–Trinajstić information content (AvgIpc) is 1.99. The second-order valence-corrected chi connectivity index (χ2v) is 2.98. The summed E-state index contributed by atoms with van der Waals surface area (Å²) in [5.41, 5.74) is 0.780. The second kappa shape index (κ2) is 3.45. The summed E-state index contributed by atoms with van der Waals surface area (Å²) in [6, 6.07) is 5.42. The Morgan fingerprint density at radius 2 is 2.27 bits per heavy atom. The van der Waals surface area contributed by atoms with Crippen molar-refractivity contribution in [2.45, 2.75) is 6.42 Å². The maximum Gasteiger partial charge on any atom is 0.133 e. The number of aromatic hydroxyl groups is 1. The molecule has 1 nitrogen and oxygen atoms in total. The van der Waals surface area contributed by atoms with Crippen molar-refractivity contribution in [2.75, 3.05) is 0 Å². The zero-order valence-corrected chi connectivity index (χ0v) is 7.43. The van der Waals surface area contributed by atoms with Crippen LogP contribution in [0.2, 0.25) is 0 Å². The van der Waals surface area contributed by atoms with Gasteiger partial charge in [0.25, 0.3) is 0 Å². The summed E-state index contributed by atoms with van der Waals surface area (Å²) in [7, 11) is 0. The molecule has 11 heavy (non-hydrogen) atoms. The molecule has 0 bridgehead atoms. The first kappa shape index (κ1) is 8.16. The van der Waals surface area contributed by atoms with E-state index < -0.39 is 0 Å². The van der Waals surface area contributed by atoms with Crippen LogP contribution in [0.4, 0.5) is 0 Å². The molecule has 1 aromatic rings. The number of terminal acetylenes is 1. The van der Waals surface area contributed by atoms with Crippen molar-refractivity contribution in [1.82, 2.24) is 0 Å². The fraction of sp³-hybridized carbons (Fsp3) is 0.111. The molecule has 0 aliphatic rings. The molecule has 0 unspecified atom stereocenters. The summed E-state index contributed by atoms with van der Waals surface area (Å²) < 4.78 is 0.685. The molecule has 0 aromatic heterocycles. The molecule has 0 spiro atoms. The molecule has 1 N–H and O–H groups in total. The van der Waals surface area contributed by atoms with Crippen molar-refractivity contribution in [3.05, 3.63) is 28.2 Å². The predicted molar refractivity (Wildman–Crippen MR) is 48.3 cm³/mol. The van der Waals surface area contributed by atoms with Crippen LogP contribution in [0.15, 0.2) is 22.7 Å². The molecular formula is C9H7BrO. The Hall–Kier alpha value is -0.940. The Balaban J connectivity index is 3.08. The van der Waals surface area contributed by atoms with Crippen LogP contribution in [0.1, 0.15) is 5.56 Å². The highest BCUT2D eigenvalue weighted by atomic mass is 79.9. The smallest absolute Gasteiger partial charge is 0.133 e. The maximum atomic E-state index is 9.39. The van der Waals surface area contributed by atoms with Crippen LogP contribution in [0.3, 0.4) is 0 Å². The third-order valence-corrected chi connectivity index (χ3v) is 2.00. The summed E-state index contributed by atoms with van der Waals surface area (Å²) in [6.07, 6.45) is 5.57. The summed E-state index contributed by atoms with van der Waals surface area (Å²) in [5, 5.41) is 9.39. The third kappa shape index (κ3) is 1.75.